The molecule has 104 valence electrons. The Labute approximate surface area is 115 Å². The molecule has 1 aromatic rings. The first-order chi connectivity index (χ1) is 8.99. The molecule has 1 unspecified atom stereocenters. The van der Waals surface area contributed by atoms with E-state index in [-0.39, 0.29) is 28.2 Å². The zero-order chi connectivity index (χ0) is 14.4. The number of carbonyl (C=O) groups is 1. The molecule has 1 rings (SSSR count). The number of hydrogen-bond donors (Lipinski definition) is 1. The Hall–Kier alpha value is -1.66. The van der Waals surface area contributed by atoms with Gasteiger partial charge in [-0.3, -0.25) is 14.9 Å². The molecular formula is C12H15ClN2O4. The average Bonchev–Trinajstić information content (AvgIpc) is 2.37. The number of benzene rings is 1. The van der Waals surface area contributed by atoms with Crippen LogP contribution in [0.5, 0.6) is 0 Å². The standard InChI is InChI=1S/C12H15ClN2O4/c1-3-9(7-19-2)14-12(16)8-4-5-11(15(17)18)10(13)6-8/h4-6,9H,3,7H2,1-2H3,(H,14,16). The minimum atomic E-state index is -0.593. The van der Waals surface area contributed by atoms with E-state index in [1.54, 1.807) is 7.11 Å². The summed E-state index contributed by atoms with van der Waals surface area (Å²) in [5.74, 6) is -0.333. The normalized spacial score (nSPS) is 11.9. The fraction of sp³-hybridized carbons (Fsp3) is 0.417. The zero-order valence-electron chi connectivity index (χ0n) is 10.7. The van der Waals surface area contributed by atoms with Crippen LogP contribution in [0, 0.1) is 10.1 Å². The number of ether oxygens (including phenoxy) is 1. The highest BCUT2D eigenvalue weighted by Gasteiger charge is 2.17. The van der Waals surface area contributed by atoms with Crippen LogP contribution in [0.25, 0.3) is 0 Å². The maximum atomic E-state index is 11.9. The maximum absolute atomic E-state index is 11.9. The molecule has 0 aliphatic heterocycles. The van der Waals surface area contributed by atoms with Crippen molar-refractivity contribution in [3.05, 3.63) is 38.9 Å². The lowest BCUT2D eigenvalue weighted by Gasteiger charge is -2.15. The Balaban J connectivity index is 2.83. The van der Waals surface area contributed by atoms with Crippen LogP contribution in [0.2, 0.25) is 5.02 Å². The number of halogens is 1. The first-order valence-corrected chi connectivity index (χ1v) is 6.11. The number of nitrogens with zero attached hydrogens (tertiary/aromatic N) is 1. The van der Waals surface area contributed by atoms with Crippen LogP contribution in [-0.2, 0) is 4.74 Å². The highest BCUT2D eigenvalue weighted by molar-refractivity contribution is 6.33. The van der Waals surface area contributed by atoms with E-state index in [1.165, 1.54) is 18.2 Å². The monoisotopic (exact) mass is 286 g/mol. The molecule has 0 aliphatic rings. The van der Waals surface area contributed by atoms with Crippen LogP contribution >= 0.6 is 11.6 Å². The molecule has 0 saturated carbocycles. The summed E-state index contributed by atoms with van der Waals surface area (Å²) in [4.78, 5) is 21.9. The molecule has 7 heteroatoms. The van der Waals surface area contributed by atoms with Gasteiger partial charge in [-0.25, -0.2) is 0 Å². The second-order valence-electron chi connectivity index (χ2n) is 3.96. The van der Waals surface area contributed by atoms with E-state index < -0.39 is 4.92 Å². The number of carbonyl (C=O) groups excluding carboxylic acids is 1. The Morgan fingerprint density at radius 3 is 2.74 bits per heavy atom. The Bertz CT molecular complexity index is 479. The van der Waals surface area contributed by atoms with Crippen molar-refractivity contribution in [2.75, 3.05) is 13.7 Å². The molecule has 0 radical (unpaired) electrons. The summed E-state index contributed by atoms with van der Waals surface area (Å²) < 4.78 is 4.98. The average molecular weight is 287 g/mol. The molecule has 19 heavy (non-hydrogen) atoms. The highest BCUT2D eigenvalue weighted by atomic mass is 35.5. The lowest BCUT2D eigenvalue weighted by Crippen LogP contribution is -2.37. The van der Waals surface area contributed by atoms with Crippen molar-refractivity contribution in [3.63, 3.8) is 0 Å². The molecule has 0 bridgehead atoms. The van der Waals surface area contributed by atoms with Gasteiger partial charge in [-0.1, -0.05) is 18.5 Å². The van der Waals surface area contributed by atoms with Gasteiger partial charge >= 0.3 is 0 Å². The molecule has 0 aromatic heterocycles. The number of nitrogens with one attached hydrogen (secondary N) is 1. The molecule has 0 aliphatic carbocycles. The third kappa shape index (κ3) is 4.18. The fourth-order valence-electron chi connectivity index (χ4n) is 1.53. The molecule has 6 nitrogen and oxygen atoms in total. The van der Waals surface area contributed by atoms with Crippen molar-refractivity contribution >= 4 is 23.2 Å². The van der Waals surface area contributed by atoms with Crippen molar-refractivity contribution in [1.82, 2.24) is 5.32 Å². The van der Waals surface area contributed by atoms with Gasteiger partial charge in [0.25, 0.3) is 11.6 Å². The van der Waals surface area contributed by atoms with Crippen molar-refractivity contribution < 1.29 is 14.5 Å². The Kier molecular flexibility index (Phi) is 5.72. The van der Waals surface area contributed by atoms with Gasteiger partial charge < -0.3 is 10.1 Å². The molecule has 0 heterocycles. The molecular weight excluding hydrogens is 272 g/mol. The Morgan fingerprint density at radius 1 is 1.58 bits per heavy atom. The summed E-state index contributed by atoms with van der Waals surface area (Å²) >= 11 is 5.75. The van der Waals surface area contributed by atoms with Crippen LogP contribution in [-0.4, -0.2) is 30.6 Å². The summed E-state index contributed by atoms with van der Waals surface area (Å²) in [7, 11) is 1.55. The number of amides is 1. The van der Waals surface area contributed by atoms with Gasteiger partial charge in [0.15, 0.2) is 0 Å². The maximum Gasteiger partial charge on any atom is 0.287 e. The molecule has 1 aromatic carbocycles. The van der Waals surface area contributed by atoms with E-state index >= 15 is 0 Å². The lowest BCUT2D eigenvalue weighted by atomic mass is 10.1. The van der Waals surface area contributed by atoms with Gasteiger partial charge in [0, 0.05) is 18.7 Å². The second kappa shape index (κ2) is 7.06. The van der Waals surface area contributed by atoms with Crippen molar-refractivity contribution in [3.8, 4) is 0 Å². The number of nitro benzene ring substituents is 1. The highest BCUT2D eigenvalue weighted by Crippen LogP contribution is 2.24. The van der Waals surface area contributed by atoms with Crippen LogP contribution in [0.1, 0.15) is 23.7 Å². The topological polar surface area (TPSA) is 81.5 Å². The number of nitro groups is 1. The molecule has 1 N–H and O–H groups in total. The first kappa shape index (κ1) is 15.4. The van der Waals surface area contributed by atoms with Gasteiger partial charge in [0.2, 0.25) is 0 Å². The SMILES string of the molecule is CCC(COC)NC(=O)c1ccc([N+](=O)[O-])c(Cl)c1. The molecule has 0 fully saturated rings. The molecule has 0 saturated heterocycles. The van der Waals surface area contributed by atoms with Crippen molar-refractivity contribution in [1.29, 1.82) is 0 Å². The van der Waals surface area contributed by atoms with Crippen molar-refractivity contribution in [2.45, 2.75) is 19.4 Å². The van der Waals surface area contributed by atoms with Crippen LogP contribution < -0.4 is 5.32 Å². The summed E-state index contributed by atoms with van der Waals surface area (Å²) in [5, 5.41) is 13.3. The quantitative estimate of drug-likeness (QED) is 0.643. The number of rotatable bonds is 6. The fourth-order valence-corrected chi connectivity index (χ4v) is 1.78. The van der Waals surface area contributed by atoms with E-state index in [1.807, 2.05) is 6.92 Å². The molecule has 0 spiro atoms. The summed E-state index contributed by atoms with van der Waals surface area (Å²) in [5.41, 5.74) is 0.0623. The first-order valence-electron chi connectivity index (χ1n) is 5.73. The van der Waals surface area contributed by atoms with E-state index in [9.17, 15) is 14.9 Å². The van der Waals surface area contributed by atoms with Gasteiger partial charge in [-0.05, 0) is 18.6 Å². The zero-order valence-corrected chi connectivity index (χ0v) is 11.4. The van der Waals surface area contributed by atoms with Gasteiger partial charge in [-0.15, -0.1) is 0 Å². The van der Waals surface area contributed by atoms with Gasteiger partial charge in [-0.2, -0.15) is 0 Å². The van der Waals surface area contributed by atoms with Crippen molar-refractivity contribution in [2.24, 2.45) is 0 Å². The second-order valence-corrected chi connectivity index (χ2v) is 4.36. The van der Waals surface area contributed by atoms with E-state index in [2.05, 4.69) is 5.32 Å². The Morgan fingerprint density at radius 2 is 2.26 bits per heavy atom. The predicted octanol–water partition coefficient (Wildman–Crippen LogP) is 2.40. The molecule has 1 atom stereocenters. The van der Waals surface area contributed by atoms with Gasteiger partial charge in [0.1, 0.15) is 5.02 Å². The van der Waals surface area contributed by atoms with E-state index in [0.717, 1.165) is 6.42 Å². The smallest absolute Gasteiger partial charge is 0.287 e. The largest absolute Gasteiger partial charge is 0.383 e. The molecule has 1 amide bonds. The van der Waals surface area contributed by atoms with Crippen LogP contribution in [0.4, 0.5) is 5.69 Å². The summed E-state index contributed by atoms with van der Waals surface area (Å²) in [6.45, 7) is 2.33. The number of methoxy groups -OCH3 is 1. The van der Waals surface area contributed by atoms with E-state index in [4.69, 9.17) is 16.3 Å². The van der Waals surface area contributed by atoms with E-state index in [0.29, 0.717) is 6.61 Å². The predicted molar refractivity (Wildman–Crippen MR) is 71.5 cm³/mol. The summed E-state index contributed by atoms with van der Waals surface area (Å²) in [6.07, 6.45) is 0.723. The number of hydrogen-bond acceptors (Lipinski definition) is 4. The minimum Gasteiger partial charge on any atom is -0.383 e. The van der Waals surface area contributed by atoms with Crippen LogP contribution in [0.15, 0.2) is 18.2 Å². The summed E-state index contributed by atoms with van der Waals surface area (Å²) in [6, 6.07) is 3.77. The third-order valence-corrected chi connectivity index (χ3v) is 2.91. The third-order valence-electron chi connectivity index (χ3n) is 2.60. The van der Waals surface area contributed by atoms with Crippen LogP contribution in [0.3, 0.4) is 0 Å². The minimum absolute atomic E-state index is 0.0579. The lowest BCUT2D eigenvalue weighted by molar-refractivity contribution is -0.384. The van der Waals surface area contributed by atoms with Gasteiger partial charge in [0.05, 0.1) is 17.6 Å².